The van der Waals surface area contributed by atoms with E-state index in [1.165, 1.54) is 0 Å². The number of amides is 1. The largest absolute Gasteiger partial charge is 0.393 e. The van der Waals surface area contributed by atoms with Crippen LogP contribution in [-0.2, 0) is 4.79 Å². The molecule has 0 aliphatic heterocycles. The van der Waals surface area contributed by atoms with Gasteiger partial charge in [-0.2, -0.15) is 0 Å². The summed E-state index contributed by atoms with van der Waals surface area (Å²) in [5.41, 5.74) is 0. The van der Waals surface area contributed by atoms with E-state index in [0.29, 0.717) is 18.9 Å². The van der Waals surface area contributed by atoms with Crippen molar-refractivity contribution in [2.75, 3.05) is 6.54 Å². The lowest BCUT2D eigenvalue weighted by Crippen LogP contribution is -2.28. The Bertz CT molecular complexity index is 168. The first-order valence-corrected chi connectivity index (χ1v) is 4.57. The molecule has 0 aromatic heterocycles. The van der Waals surface area contributed by atoms with Gasteiger partial charge in [-0.15, -0.1) is 0 Å². The molecular weight excluding hydrogens is 154 g/mol. The molecule has 3 unspecified atom stereocenters. The van der Waals surface area contributed by atoms with Crippen molar-refractivity contribution in [2.45, 2.75) is 32.8 Å². The predicted octanol–water partition coefficient (Wildman–Crippen LogP) is 0.529. The molecule has 1 amide bonds. The minimum atomic E-state index is -0.318. The smallest absolute Gasteiger partial charge is 0.223 e. The van der Waals surface area contributed by atoms with Crippen LogP contribution < -0.4 is 5.32 Å². The summed E-state index contributed by atoms with van der Waals surface area (Å²) in [7, 11) is 0. The van der Waals surface area contributed by atoms with E-state index in [-0.39, 0.29) is 17.9 Å². The van der Waals surface area contributed by atoms with Crippen LogP contribution in [0, 0.1) is 11.8 Å². The minimum absolute atomic E-state index is 0.156. The molecule has 2 N–H and O–H groups in total. The van der Waals surface area contributed by atoms with Gasteiger partial charge in [0, 0.05) is 12.5 Å². The fraction of sp³-hybridized carbons (Fsp3) is 0.889. The normalized spacial score (nSPS) is 29.6. The second kappa shape index (κ2) is 3.90. The fourth-order valence-corrected chi connectivity index (χ4v) is 1.22. The monoisotopic (exact) mass is 171 g/mol. The summed E-state index contributed by atoms with van der Waals surface area (Å²) in [6.07, 6.45) is 1.36. The van der Waals surface area contributed by atoms with Gasteiger partial charge in [-0.1, -0.05) is 6.92 Å². The van der Waals surface area contributed by atoms with Crippen LogP contribution in [0.25, 0.3) is 0 Å². The van der Waals surface area contributed by atoms with Crippen LogP contribution >= 0.6 is 0 Å². The molecule has 1 saturated carbocycles. The molecule has 12 heavy (non-hydrogen) atoms. The summed E-state index contributed by atoms with van der Waals surface area (Å²) in [6, 6.07) is 0. The first-order chi connectivity index (χ1) is 5.61. The second-order valence-corrected chi connectivity index (χ2v) is 3.75. The van der Waals surface area contributed by atoms with Crippen LogP contribution in [0.3, 0.4) is 0 Å². The van der Waals surface area contributed by atoms with Gasteiger partial charge in [0.05, 0.1) is 6.10 Å². The standard InChI is InChI=1S/C9H17NO2/c1-6-5-8(6)9(12)10-4-3-7(2)11/h6-8,11H,3-5H2,1-2H3,(H,10,12). The zero-order valence-electron chi connectivity index (χ0n) is 7.71. The highest BCUT2D eigenvalue weighted by Gasteiger charge is 2.38. The van der Waals surface area contributed by atoms with E-state index in [9.17, 15) is 4.79 Å². The number of hydrogen-bond acceptors (Lipinski definition) is 2. The molecule has 0 spiro atoms. The van der Waals surface area contributed by atoms with Gasteiger partial charge in [0.25, 0.3) is 0 Å². The summed E-state index contributed by atoms with van der Waals surface area (Å²) < 4.78 is 0. The quantitative estimate of drug-likeness (QED) is 0.648. The number of hydrogen-bond donors (Lipinski definition) is 2. The van der Waals surface area contributed by atoms with Gasteiger partial charge in [-0.05, 0) is 25.7 Å². The third kappa shape index (κ3) is 2.81. The highest BCUT2D eigenvalue weighted by molar-refractivity contribution is 5.81. The van der Waals surface area contributed by atoms with Crippen LogP contribution in [0.2, 0.25) is 0 Å². The van der Waals surface area contributed by atoms with Crippen molar-refractivity contribution < 1.29 is 9.90 Å². The Hall–Kier alpha value is -0.570. The van der Waals surface area contributed by atoms with Crippen LogP contribution in [0.4, 0.5) is 0 Å². The first kappa shape index (κ1) is 9.52. The molecule has 3 nitrogen and oxygen atoms in total. The van der Waals surface area contributed by atoms with Gasteiger partial charge in [0.15, 0.2) is 0 Å². The van der Waals surface area contributed by atoms with Gasteiger partial charge in [-0.3, -0.25) is 4.79 Å². The highest BCUT2D eigenvalue weighted by atomic mass is 16.3. The SMILES string of the molecule is CC(O)CCNC(=O)C1CC1C. The number of carbonyl (C=O) groups is 1. The van der Waals surface area contributed by atoms with E-state index < -0.39 is 0 Å². The van der Waals surface area contributed by atoms with E-state index in [2.05, 4.69) is 12.2 Å². The van der Waals surface area contributed by atoms with Crippen LogP contribution in [0.5, 0.6) is 0 Å². The van der Waals surface area contributed by atoms with Gasteiger partial charge in [0.2, 0.25) is 5.91 Å². The molecule has 1 rings (SSSR count). The van der Waals surface area contributed by atoms with Crippen molar-refractivity contribution in [3.05, 3.63) is 0 Å². The maximum atomic E-state index is 11.2. The maximum Gasteiger partial charge on any atom is 0.223 e. The number of aliphatic hydroxyl groups excluding tert-OH is 1. The zero-order valence-corrected chi connectivity index (χ0v) is 7.71. The lowest BCUT2D eigenvalue weighted by molar-refractivity contribution is -0.122. The summed E-state index contributed by atoms with van der Waals surface area (Å²) in [5.74, 6) is 0.971. The molecule has 3 heteroatoms. The number of rotatable bonds is 4. The predicted molar refractivity (Wildman–Crippen MR) is 46.6 cm³/mol. The minimum Gasteiger partial charge on any atom is -0.393 e. The highest BCUT2D eigenvalue weighted by Crippen LogP contribution is 2.37. The average Bonchev–Trinajstić information content (AvgIpc) is 2.66. The fourth-order valence-electron chi connectivity index (χ4n) is 1.22. The summed E-state index contributed by atoms with van der Waals surface area (Å²) >= 11 is 0. The van der Waals surface area contributed by atoms with Gasteiger partial charge in [-0.25, -0.2) is 0 Å². The number of aliphatic hydroxyl groups is 1. The van der Waals surface area contributed by atoms with Crippen molar-refractivity contribution in [1.82, 2.24) is 5.32 Å². The number of carbonyl (C=O) groups excluding carboxylic acids is 1. The molecule has 0 heterocycles. The molecule has 1 aliphatic carbocycles. The molecule has 0 radical (unpaired) electrons. The average molecular weight is 171 g/mol. The van der Waals surface area contributed by atoms with Crippen molar-refractivity contribution in [3.8, 4) is 0 Å². The van der Waals surface area contributed by atoms with Crippen molar-refractivity contribution in [2.24, 2.45) is 11.8 Å². The molecule has 3 atom stereocenters. The third-order valence-electron chi connectivity index (χ3n) is 2.31. The molecule has 0 bridgehead atoms. The Kier molecular flexibility index (Phi) is 3.09. The Balaban J connectivity index is 2.03. The van der Waals surface area contributed by atoms with Gasteiger partial charge < -0.3 is 10.4 Å². The Morgan fingerprint density at radius 1 is 1.75 bits per heavy atom. The maximum absolute atomic E-state index is 11.2. The van der Waals surface area contributed by atoms with Crippen molar-refractivity contribution >= 4 is 5.91 Å². The van der Waals surface area contributed by atoms with Crippen molar-refractivity contribution in [3.63, 3.8) is 0 Å². The summed E-state index contributed by atoms with van der Waals surface area (Å²) in [6.45, 7) is 4.41. The molecule has 0 aromatic carbocycles. The molecular formula is C9H17NO2. The van der Waals surface area contributed by atoms with Crippen LogP contribution in [0.1, 0.15) is 26.7 Å². The van der Waals surface area contributed by atoms with E-state index in [1.807, 2.05) is 0 Å². The molecule has 0 aromatic rings. The first-order valence-electron chi connectivity index (χ1n) is 4.57. The Morgan fingerprint density at radius 3 is 2.75 bits per heavy atom. The van der Waals surface area contributed by atoms with E-state index in [1.54, 1.807) is 6.92 Å². The molecule has 70 valence electrons. The second-order valence-electron chi connectivity index (χ2n) is 3.75. The number of nitrogens with one attached hydrogen (secondary N) is 1. The lowest BCUT2D eigenvalue weighted by atomic mass is 10.2. The molecule has 1 aliphatic rings. The Labute approximate surface area is 73.2 Å². The van der Waals surface area contributed by atoms with E-state index >= 15 is 0 Å². The van der Waals surface area contributed by atoms with Gasteiger partial charge >= 0.3 is 0 Å². The third-order valence-corrected chi connectivity index (χ3v) is 2.31. The zero-order chi connectivity index (χ0) is 9.14. The van der Waals surface area contributed by atoms with E-state index in [4.69, 9.17) is 5.11 Å². The molecule has 1 fully saturated rings. The van der Waals surface area contributed by atoms with E-state index in [0.717, 1.165) is 6.42 Å². The Morgan fingerprint density at radius 2 is 2.33 bits per heavy atom. The van der Waals surface area contributed by atoms with Crippen molar-refractivity contribution in [1.29, 1.82) is 0 Å². The van der Waals surface area contributed by atoms with Gasteiger partial charge in [0.1, 0.15) is 0 Å². The lowest BCUT2D eigenvalue weighted by Gasteiger charge is -2.05. The summed E-state index contributed by atoms with van der Waals surface area (Å²) in [5, 5.41) is 11.7. The molecule has 0 saturated heterocycles. The van der Waals surface area contributed by atoms with Crippen LogP contribution in [-0.4, -0.2) is 23.7 Å². The topological polar surface area (TPSA) is 49.3 Å². The summed E-state index contributed by atoms with van der Waals surface area (Å²) in [4.78, 5) is 11.2. The van der Waals surface area contributed by atoms with Crippen LogP contribution in [0.15, 0.2) is 0 Å².